The van der Waals surface area contributed by atoms with Crippen LogP contribution in [0.2, 0.25) is 0 Å². The highest BCUT2D eigenvalue weighted by Crippen LogP contribution is 2.15. The summed E-state index contributed by atoms with van der Waals surface area (Å²) in [6, 6.07) is 8.03. The molecule has 0 amide bonds. The standard InChI is InChI=1S/C17H24N4OS.HI/c1-4-18-17(21-12-16-20-11-14(3)23-16)19-9-10-22-15-8-6-5-7-13(15)2;/h5-8,11H,4,9-10,12H2,1-3H3,(H2,18,19,21);1H. The van der Waals surface area contributed by atoms with Crippen molar-refractivity contribution in [3.8, 4) is 5.75 Å². The van der Waals surface area contributed by atoms with Gasteiger partial charge in [0.05, 0.1) is 13.1 Å². The smallest absolute Gasteiger partial charge is 0.191 e. The average molecular weight is 460 g/mol. The number of halogens is 1. The van der Waals surface area contributed by atoms with Crippen molar-refractivity contribution in [3.63, 3.8) is 0 Å². The summed E-state index contributed by atoms with van der Waals surface area (Å²) in [5, 5.41) is 7.53. The Kier molecular flexibility index (Phi) is 9.70. The predicted molar refractivity (Wildman–Crippen MR) is 112 cm³/mol. The minimum Gasteiger partial charge on any atom is -0.491 e. The molecule has 0 spiro atoms. The summed E-state index contributed by atoms with van der Waals surface area (Å²) >= 11 is 1.68. The zero-order chi connectivity index (χ0) is 16.5. The molecule has 0 bridgehead atoms. The number of thiazole rings is 1. The number of aromatic nitrogens is 1. The van der Waals surface area contributed by atoms with Crippen molar-refractivity contribution in [1.29, 1.82) is 0 Å². The fraction of sp³-hybridized carbons (Fsp3) is 0.412. The summed E-state index contributed by atoms with van der Waals surface area (Å²) in [6.45, 7) is 8.84. The molecule has 2 aromatic rings. The second-order valence-electron chi connectivity index (χ2n) is 5.10. The molecule has 1 heterocycles. The maximum absolute atomic E-state index is 5.78. The Labute approximate surface area is 165 Å². The van der Waals surface area contributed by atoms with E-state index in [1.165, 1.54) is 4.88 Å². The quantitative estimate of drug-likeness (QED) is 0.288. The minimum atomic E-state index is 0. The highest BCUT2D eigenvalue weighted by atomic mass is 127. The van der Waals surface area contributed by atoms with Gasteiger partial charge in [-0.2, -0.15) is 0 Å². The molecule has 1 aromatic heterocycles. The van der Waals surface area contributed by atoms with E-state index in [0.717, 1.165) is 28.8 Å². The zero-order valence-corrected chi connectivity index (χ0v) is 17.5. The number of guanidine groups is 1. The van der Waals surface area contributed by atoms with Crippen LogP contribution in [-0.2, 0) is 6.54 Å². The first kappa shape index (κ1) is 20.7. The molecule has 5 nitrogen and oxygen atoms in total. The topological polar surface area (TPSA) is 58.5 Å². The minimum absolute atomic E-state index is 0. The third-order valence-corrected chi connectivity index (χ3v) is 4.03. The Morgan fingerprint density at radius 2 is 2.04 bits per heavy atom. The Balaban J connectivity index is 0.00000288. The molecular formula is C17H25IN4OS. The lowest BCUT2D eigenvalue weighted by molar-refractivity contribution is 0.320. The lowest BCUT2D eigenvalue weighted by atomic mass is 10.2. The number of nitrogens with zero attached hydrogens (tertiary/aromatic N) is 2. The number of hydrogen-bond acceptors (Lipinski definition) is 4. The normalized spacial score (nSPS) is 10.9. The van der Waals surface area contributed by atoms with E-state index in [4.69, 9.17) is 4.74 Å². The van der Waals surface area contributed by atoms with Crippen molar-refractivity contribution in [2.24, 2.45) is 4.99 Å². The summed E-state index contributed by atoms with van der Waals surface area (Å²) in [5.41, 5.74) is 1.15. The van der Waals surface area contributed by atoms with Crippen LogP contribution in [0.4, 0.5) is 0 Å². The number of hydrogen-bond donors (Lipinski definition) is 2. The highest BCUT2D eigenvalue weighted by Gasteiger charge is 2.01. The Bertz CT molecular complexity index is 645. The number of para-hydroxylation sites is 1. The number of rotatable bonds is 7. The van der Waals surface area contributed by atoms with Gasteiger partial charge in [-0.3, -0.25) is 0 Å². The van der Waals surface area contributed by atoms with E-state index >= 15 is 0 Å². The molecule has 0 atom stereocenters. The van der Waals surface area contributed by atoms with E-state index in [1.54, 1.807) is 11.3 Å². The molecule has 0 unspecified atom stereocenters. The molecule has 0 aliphatic carbocycles. The zero-order valence-electron chi connectivity index (χ0n) is 14.3. The van der Waals surface area contributed by atoms with Crippen LogP contribution >= 0.6 is 35.3 Å². The molecule has 24 heavy (non-hydrogen) atoms. The van der Waals surface area contributed by atoms with Crippen molar-refractivity contribution < 1.29 is 4.74 Å². The third kappa shape index (κ3) is 7.04. The van der Waals surface area contributed by atoms with E-state index < -0.39 is 0 Å². The van der Waals surface area contributed by atoms with Gasteiger partial charge in [0, 0.05) is 17.6 Å². The lowest BCUT2D eigenvalue weighted by Crippen LogP contribution is -2.39. The van der Waals surface area contributed by atoms with Crippen LogP contribution < -0.4 is 15.4 Å². The van der Waals surface area contributed by atoms with Gasteiger partial charge < -0.3 is 15.4 Å². The number of aryl methyl sites for hydroxylation is 2. The number of aliphatic imine (C=N–C) groups is 1. The second-order valence-corrected chi connectivity index (χ2v) is 6.42. The Hall–Kier alpha value is -1.35. The van der Waals surface area contributed by atoms with E-state index in [0.29, 0.717) is 19.7 Å². The lowest BCUT2D eigenvalue weighted by Gasteiger charge is -2.12. The van der Waals surface area contributed by atoms with Crippen LogP contribution in [0.25, 0.3) is 0 Å². The first-order valence-electron chi connectivity index (χ1n) is 7.81. The van der Waals surface area contributed by atoms with Crippen LogP contribution in [0.5, 0.6) is 5.75 Å². The summed E-state index contributed by atoms with van der Waals surface area (Å²) in [5.74, 6) is 1.71. The maximum Gasteiger partial charge on any atom is 0.191 e. The monoisotopic (exact) mass is 460 g/mol. The van der Waals surface area contributed by atoms with Crippen LogP contribution in [-0.4, -0.2) is 30.6 Å². The summed E-state index contributed by atoms with van der Waals surface area (Å²) in [4.78, 5) is 10.1. The van der Waals surface area contributed by atoms with E-state index in [-0.39, 0.29) is 24.0 Å². The molecule has 2 rings (SSSR count). The van der Waals surface area contributed by atoms with Crippen molar-refractivity contribution >= 4 is 41.3 Å². The van der Waals surface area contributed by atoms with Gasteiger partial charge in [0.1, 0.15) is 17.4 Å². The second kappa shape index (κ2) is 11.2. The van der Waals surface area contributed by atoms with E-state index in [2.05, 4.69) is 34.5 Å². The molecule has 132 valence electrons. The molecular weight excluding hydrogens is 435 g/mol. The molecule has 2 N–H and O–H groups in total. The number of nitrogens with one attached hydrogen (secondary N) is 2. The predicted octanol–water partition coefficient (Wildman–Crippen LogP) is 3.51. The summed E-state index contributed by atoms with van der Waals surface area (Å²) in [6.07, 6.45) is 1.88. The van der Waals surface area contributed by atoms with Crippen LogP contribution in [0.3, 0.4) is 0 Å². The molecule has 0 aliphatic rings. The highest BCUT2D eigenvalue weighted by molar-refractivity contribution is 14.0. The third-order valence-electron chi connectivity index (χ3n) is 3.13. The van der Waals surface area contributed by atoms with Crippen molar-refractivity contribution in [2.75, 3.05) is 19.7 Å². The molecule has 7 heteroatoms. The Morgan fingerprint density at radius 1 is 1.25 bits per heavy atom. The van der Waals surface area contributed by atoms with Crippen molar-refractivity contribution in [1.82, 2.24) is 15.6 Å². The van der Waals surface area contributed by atoms with Crippen LogP contribution in [0.15, 0.2) is 35.5 Å². The van der Waals surface area contributed by atoms with E-state index in [1.807, 2.05) is 37.4 Å². The van der Waals surface area contributed by atoms with Gasteiger partial charge in [0.15, 0.2) is 5.96 Å². The van der Waals surface area contributed by atoms with Gasteiger partial charge in [0.25, 0.3) is 0 Å². The number of ether oxygens (including phenoxy) is 1. The molecule has 0 saturated carbocycles. The van der Waals surface area contributed by atoms with Crippen molar-refractivity contribution in [3.05, 3.63) is 45.9 Å². The average Bonchev–Trinajstić information content (AvgIpc) is 2.96. The fourth-order valence-corrected chi connectivity index (χ4v) is 2.72. The summed E-state index contributed by atoms with van der Waals surface area (Å²) in [7, 11) is 0. The maximum atomic E-state index is 5.78. The molecule has 0 fully saturated rings. The molecule has 0 radical (unpaired) electrons. The van der Waals surface area contributed by atoms with Gasteiger partial charge in [-0.05, 0) is 32.4 Å². The molecule has 1 aromatic carbocycles. The molecule has 0 aliphatic heterocycles. The largest absolute Gasteiger partial charge is 0.491 e. The van der Waals surface area contributed by atoms with Crippen molar-refractivity contribution in [2.45, 2.75) is 27.3 Å². The van der Waals surface area contributed by atoms with Gasteiger partial charge >= 0.3 is 0 Å². The first-order chi connectivity index (χ1) is 11.2. The summed E-state index contributed by atoms with van der Waals surface area (Å²) < 4.78 is 5.78. The van der Waals surface area contributed by atoms with Gasteiger partial charge in [-0.15, -0.1) is 35.3 Å². The fourth-order valence-electron chi connectivity index (χ4n) is 2.01. The van der Waals surface area contributed by atoms with Gasteiger partial charge in [-0.25, -0.2) is 9.98 Å². The molecule has 0 saturated heterocycles. The van der Waals surface area contributed by atoms with Gasteiger partial charge in [0.2, 0.25) is 0 Å². The van der Waals surface area contributed by atoms with E-state index in [9.17, 15) is 0 Å². The number of benzene rings is 1. The first-order valence-corrected chi connectivity index (χ1v) is 8.62. The Morgan fingerprint density at radius 3 is 2.71 bits per heavy atom. The van der Waals surface area contributed by atoms with Crippen LogP contribution in [0.1, 0.15) is 22.4 Å². The van der Waals surface area contributed by atoms with Crippen LogP contribution in [0, 0.1) is 13.8 Å². The van der Waals surface area contributed by atoms with Gasteiger partial charge in [-0.1, -0.05) is 18.2 Å². The SMILES string of the molecule is CCNC(=NCc1ncc(C)s1)NCCOc1ccccc1C.I.